The number of carbonyl (C=O) groups is 1. The minimum absolute atomic E-state index is 0.208. The van der Waals surface area contributed by atoms with Crippen molar-refractivity contribution in [1.29, 1.82) is 0 Å². The lowest BCUT2D eigenvalue weighted by Gasteiger charge is -2.07. The van der Waals surface area contributed by atoms with Crippen LogP contribution in [0.5, 0.6) is 0 Å². The Morgan fingerprint density at radius 2 is 1.67 bits per heavy atom. The molecule has 5 heteroatoms. The lowest BCUT2D eigenvalue weighted by Crippen LogP contribution is -2.12. The van der Waals surface area contributed by atoms with E-state index >= 15 is 0 Å². The lowest BCUT2D eigenvalue weighted by molar-refractivity contribution is 0.102. The lowest BCUT2D eigenvalue weighted by atomic mass is 10.1. The Balaban J connectivity index is 1.89. The van der Waals surface area contributed by atoms with Gasteiger partial charge in [0.1, 0.15) is 5.52 Å². The number of anilines is 1. The van der Waals surface area contributed by atoms with Gasteiger partial charge < -0.3 is 5.32 Å². The average Bonchev–Trinajstić information content (AvgIpc) is 2.45. The van der Waals surface area contributed by atoms with Crippen LogP contribution in [0, 0.1) is 13.8 Å². The van der Waals surface area contributed by atoms with Gasteiger partial charge in [0, 0.05) is 24.3 Å². The number of nitrogens with one attached hydrogen (secondary N) is 1. The van der Waals surface area contributed by atoms with Crippen LogP contribution in [-0.4, -0.2) is 20.9 Å². The number of nitrogens with zero attached hydrogens (tertiary/aromatic N) is 3. The molecule has 0 atom stereocenters. The molecule has 0 aliphatic carbocycles. The molecule has 2 aromatic heterocycles. The molecule has 0 bridgehead atoms. The summed E-state index contributed by atoms with van der Waals surface area (Å²) in [4.78, 5) is 24.7. The predicted octanol–water partition coefficient (Wildman–Crippen LogP) is 2.89. The Morgan fingerprint density at radius 3 is 2.43 bits per heavy atom. The van der Waals surface area contributed by atoms with Gasteiger partial charge in [-0.05, 0) is 43.2 Å². The first-order chi connectivity index (χ1) is 10.1. The number of carbonyl (C=O) groups excluding carboxylic acids is 1. The average molecular weight is 278 g/mol. The quantitative estimate of drug-likeness (QED) is 0.782. The molecule has 3 aromatic rings. The summed E-state index contributed by atoms with van der Waals surface area (Å²) >= 11 is 0. The van der Waals surface area contributed by atoms with Crippen LogP contribution in [0.15, 0.2) is 42.9 Å². The Kier molecular flexibility index (Phi) is 3.31. The third kappa shape index (κ3) is 2.86. The Bertz CT molecular complexity index is 809. The fraction of sp³-hybridized carbons (Fsp3) is 0.125. The van der Waals surface area contributed by atoms with Crippen LogP contribution in [0.3, 0.4) is 0 Å². The van der Waals surface area contributed by atoms with Crippen molar-refractivity contribution in [2.45, 2.75) is 13.8 Å². The van der Waals surface area contributed by atoms with E-state index in [2.05, 4.69) is 26.3 Å². The summed E-state index contributed by atoms with van der Waals surface area (Å²) in [6, 6.07) is 7.61. The molecule has 0 spiro atoms. The Hall–Kier alpha value is -2.82. The minimum atomic E-state index is -0.208. The van der Waals surface area contributed by atoms with E-state index in [9.17, 15) is 4.79 Å². The monoisotopic (exact) mass is 278 g/mol. The molecule has 2 heterocycles. The van der Waals surface area contributed by atoms with E-state index in [-0.39, 0.29) is 5.91 Å². The highest BCUT2D eigenvalue weighted by Crippen LogP contribution is 2.15. The molecule has 1 amide bonds. The van der Waals surface area contributed by atoms with Crippen molar-refractivity contribution < 1.29 is 4.79 Å². The molecule has 104 valence electrons. The molecule has 0 aliphatic heterocycles. The maximum absolute atomic E-state index is 12.3. The molecule has 1 N–H and O–H groups in total. The molecule has 0 radical (unpaired) electrons. The van der Waals surface area contributed by atoms with E-state index in [1.165, 1.54) is 6.20 Å². The van der Waals surface area contributed by atoms with Gasteiger partial charge in [-0.1, -0.05) is 6.07 Å². The molecule has 3 rings (SSSR count). The van der Waals surface area contributed by atoms with Crippen LogP contribution in [0.25, 0.3) is 11.2 Å². The van der Waals surface area contributed by atoms with Gasteiger partial charge in [0.2, 0.25) is 0 Å². The summed E-state index contributed by atoms with van der Waals surface area (Å²) in [6.07, 6.45) is 4.66. The fourth-order valence-corrected chi connectivity index (χ4v) is 2.23. The number of aryl methyl sites for hydroxylation is 2. The second-order valence-corrected chi connectivity index (χ2v) is 4.95. The van der Waals surface area contributed by atoms with Crippen LogP contribution in [0.1, 0.15) is 21.5 Å². The fourth-order valence-electron chi connectivity index (χ4n) is 2.23. The van der Waals surface area contributed by atoms with Gasteiger partial charge in [0.15, 0.2) is 5.65 Å². The Labute approximate surface area is 122 Å². The van der Waals surface area contributed by atoms with Crippen molar-refractivity contribution >= 4 is 22.8 Å². The van der Waals surface area contributed by atoms with Gasteiger partial charge in [0.25, 0.3) is 5.91 Å². The van der Waals surface area contributed by atoms with E-state index < -0.39 is 0 Å². The number of rotatable bonds is 2. The third-order valence-corrected chi connectivity index (χ3v) is 3.07. The molecule has 0 fully saturated rings. The molecule has 0 aliphatic rings. The van der Waals surface area contributed by atoms with Crippen molar-refractivity contribution in [2.75, 3.05) is 5.32 Å². The third-order valence-electron chi connectivity index (χ3n) is 3.07. The smallest absolute Gasteiger partial charge is 0.257 e. The molecule has 21 heavy (non-hydrogen) atoms. The molecule has 5 nitrogen and oxygen atoms in total. The minimum Gasteiger partial charge on any atom is -0.322 e. The number of pyridine rings is 1. The first kappa shape index (κ1) is 13.2. The van der Waals surface area contributed by atoms with E-state index in [1.54, 1.807) is 18.5 Å². The number of hydrogen-bond donors (Lipinski definition) is 1. The number of amides is 1. The molecular formula is C16H14N4O. The first-order valence-electron chi connectivity index (χ1n) is 6.58. The van der Waals surface area contributed by atoms with Gasteiger partial charge in [-0.2, -0.15) is 0 Å². The van der Waals surface area contributed by atoms with Crippen LogP contribution < -0.4 is 5.32 Å². The molecule has 0 saturated heterocycles. The van der Waals surface area contributed by atoms with Gasteiger partial charge in [-0.15, -0.1) is 0 Å². The van der Waals surface area contributed by atoms with Gasteiger partial charge in [-0.3, -0.25) is 9.78 Å². The van der Waals surface area contributed by atoms with Crippen LogP contribution >= 0.6 is 0 Å². The SMILES string of the molecule is Cc1cc(C)cc(NC(=O)c2cnc3nccnc3c2)c1. The predicted molar refractivity (Wildman–Crippen MR) is 81.2 cm³/mol. The van der Waals surface area contributed by atoms with Crippen molar-refractivity contribution in [3.8, 4) is 0 Å². The highest BCUT2D eigenvalue weighted by molar-refractivity contribution is 6.05. The summed E-state index contributed by atoms with van der Waals surface area (Å²) in [5.41, 5.74) is 4.57. The zero-order valence-electron chi connectivity index (χ0n) is 11.8. The number of benzene rings is 1. The molecule has 0 saturated carbocycles. The van der Waals surface area contributed by atoms with E-state index in [0.29, 0.717) is 16.7 Å². The summed E-state index contributed by atoms with van der Waals surface area (Å²) in [5, 5.41) is 2.88. The van der Waals surface area contributed by atoms with Gasteiger partial charge >= 0.3 is 0 Å². The Morgan fingerprint density at radius 1 is 0.952 bits per heavy atom. The summed E-state index contributed by atoms with van der Waals surface area (Å²) in [6.45, 7) is 3.99. The van der Waals surface area contributed by atoms with Crippen molar-refractivity contribution in [3.63, 3.8) is 0 Å². The zero-order chi connectivity index (χ0) is 14.8. The van der Waals surface area contributed by atoms with E-state index in [0.717, 1.165) is 16.8 Å². The molecule has 1 aromatic carbocycles. The maximum atomic E-state index is 12.3. The highest BCUT2D eigenvalue weighted by Gasteiger charge is 2.09. The first-order valence-corrected chi connectivity index (χ1v) is 6.58. The van der Waals surface area contributed by atoms with Gasteiger partial charge in [0.05, 0.1) is 5.56 Å². The van der Waals surface area contributed by atoms with E-state index in [1.807, 2.05) is 26.0 Å². The topological polar surface area (TPSA) is 67.8 Å². The zero-order valence-corrected chi connectivity index (χ0v) is 11.8. The molecule has 0 unspecified atom stereocenters. The number of aromatic nitrogens is 3. The van der Waals surface area contributed by atoms with Gasteiger partial charge in [-0.25, -0.2) is 9.97 Å². The normalized spacial score (nSPS) is 10.6. The summed E-state index contributed by atoms with van der Waals surface area (Å²) < 4.78 is 0. The van der Waals surface area contributed by atoms with Crippen LogP contribution in [-0.2, 0) is 0 Å². The van der Waals surface area contributed by atoms with Crippen molar-refractivity contribution in [2.24, 2.45) is 0 Å². The largest absolute Gasteiger partial charge is 0.322 e. The number of hydrogen-bond acceptors (Lipinski definition) is 4. The molecular weight excluding hydrogens is 264 g/mol. The van der Waals surface area contributed by atoms with Crippen molar-refractivity contribution in [1.82, 2.24) is 15.0 Å². The summed E-state index contributed by atoms with van der Waals surface area (Å²) in [5.74, 6) is -0.208. The second-order valence-electron chi connectivity index (χ2n) is 4.95. The van der Waals surface area contributed by atoms with Crippen LogP contribution in [0.2, 0.25) is 0 Å². The second kappa shape index (κ2) is 5.28. The maximum Gasteiger partial charge on any atom is 0.257 e. The van der Waals surface area contributed by atoms with Crippen molar-refractivity contribution in [3.05, 3.63) is 59.5 Å². The highest BCUT2D eigenvalue weighted by atomic mass is 16.1. The summed E-state index contributed by atoms with van der Waals surface area (Å²) in [7, 11) is 0. The standard InChI is InChI=1S/C16H14N4O/c1-10-5-11(2)7-13(6-10)20-16(21)12-8-14-15(19-9-12)18-4-3-17-14/h3-9H,1-2H3,(H,20,21). The van der Waals surface area contributed by atoms with E-state index in [4.69, 9.17) is 0 Å². The van der Waals surface area contributed by atoms with Crippen LogP contribution in [0.4, 0.5) is 5.69 Å². The number of fused-ring (bicyclic) bond motifs is 1.